The summed E-state index contributed by atoms with van der Waals surface area (Å²) in [5, 5.41) is 16.9. The summed E-state index contributed by atoms with van der Waals surface area (Å²) in [4.78, 5) is 7.57. The molecule has 0 fully saturated rings. The first-order chi connectivity index (χ1) is 8.83. The van der Waals surface area contributed by atoms with E-state index in [-0.39, 0.29) is 19.5 Å². The van der Waals surface area contributed by atoms with Crippen LogP contribution in [-0.2, 0) is 44.7 Å². The van der Waals surface area contributed by atoms with Gasteiger partial charge in [-0.2, -0.15) is 0 Å². The topological polar surface area (TPSA) is 73.4 Å². The van der Waals surface area contributed by atoms with E-state index in [4.69, 9.17) is 10.5 Å². The second kappa shape index (κ2) is 25.3. The molecule has 19 heavy (non-hydrogen) atoms. The molecule has 2 rings (SSSR count). The Morgan fingerprint density at radius 2 is 0.842 bits per heavy atom. The van der Waals surface area contributed by atoms with E-state index >= 15 is 0 Å². The smallest absolute Gasteiger partial charge is 0.696 e. The fraction of sp³-hybridized carbons (Fsp3) is 0. The molecule has 0 aliphatic carbocycles. The van der Waals surface area contributed by atoms with E-state index in [0.29, 0.717) is 0 Å². The van der Waals surface area contributed by atoms with Crippen LogP contribution < -0.4 is 0 Å². The fourth-order valence-corrected chi connectivity index (χ4v) is 0.625. The van der Waals surface area contributed by atoms with Crippen molar-refractivity contribution in [1.82, 2.24) is 9.97 Å². The van der Waals surface area contributed by atoms with Crippen molar-refractivity contribution in [3.63, 3.8) is 0 Å². The molecule has 0 aromatic carbocycles. The van der Waals surface area contributed by atoms with Crippen molar-refractivity contribution < 1.29 is 19.5 Å². The Balaban J connectivity index is -0.000000188. The van der Waals surface area contributed by atoms with Crippen molar-refractivity contribution in [3.8, 4) is 10.8 Å². The normalized spacial score (nSPS) is 5.79. The SMILES string of the molecule is N#C[S-].N#C[S-].[Zn+2].c1ccncc1.c1ccncc1. The molecule has 0 saturated carbocycles. The van der Waals surface area contributed by atoms with Gasteiger partial charge in [-0.25, -0.2) is 10.5 Å². The second-order valence-corrected chi connectivity index (χ2v) is 2.60. The maximum absolute atomic E-state index is 7.13. The summed E-state index contributed by atoms with van der Waals surface area (Å²) < 4.78 is 0. The molecule has 0 bridgehead atoms. The van der Waals surface area contributed by atoms with Crippen LogP contribution in [0.1, 0.15) is 0 Å². The van der Waals surface area contributed by atoms with Crippen molar-refractivity contribution in [3.05, 3.63) is 61.2 Å². The van der Waals surface area contributed by atoms with Gasteiger partial charge in [-0.1, -0.05) is 22.9 Å². The van der Waals surface area contributed by atoms with Gasteiger partial charge in [0.15, 0.2) is 0 Å². The van der Waals surface area contributed by atoms with E-state index < -0.39 is 0 Å². The number of pyridine rings is 2. The van der Waals surface area contributed by atoms with Gasteiger partial charge in [0, 0.05) is 24.8 Å². The minimum absolute atomic E-state index is 0. The molecule has 2 aromatic rings. The zero-order valence-corrected chi connectivity index (χ0v) is 14.7. The van der Waals surface area contributed by atoms with Crippen LogP contribution in [0.4, 0.5) is 0 Å². The molecule has 0 saturated heterocycles. The average Bonchev–Trinajstić information content (AvgIpc) is 2.45. The largest absolute Gasteiger partial charge is 2.00 e. The molecule has 0 N–H and O–H groups in total. The van der Waals surface area contributed by atoms with Gasteiger partial charge in [0.2, 0.25) is 0 Å². The van der Waals surface area contributed by atoms with Gasteiger partial charge in [-0.05, 0) is 24.3 Å². The summed E-state index contributed by atoms with van der Waals surface area (Å²) in [5.41, 5.74) is 0. The Kier molecular flexibility index (Phi) is 29.9. The van der Waals surface area contributed by atoms with Gasteiger partial charge < -0.3 is 25.3 Å². The quantitative estimate of drug-likeness (QED) is 0.416. The van der Waals surface area contributed by atoms with E-state index in [1.807, 2.05) is 36.4 Å². The minimum Gasteiger partial charge on any atom is -0.696 e. The van der Waals surface area contributed by atoms with Gasteiger partial charge >= 0.3 is 19.5 Å². The molecule has 0 aliphatic rings. The van der Waals surface area contributed by atoms with Crippen LogP contribution in [0.25, 0.3) is 0 Å². The van der Waals surface area contributed by atoms with Crippen LogP contribution in [0.2, 0.25) is 0 Å². The zero-order valence-electron chi connectivity index (χ0n) is 10.1. The third kappa shape index (κ3) is 31.4. The first kappa shape index (κ1) is 22.5. The molecule has 2 aromatic heterocycles. The van der Waals surface area contributed by atoms with Crippen molar-refractivity contribution in [2.75, 3.05) is 0 Å². The Labute approximate surface area is 137 Å². The van der Waals surface area contributed by atoms with Crippen LogP contribution in [0, 0.1) is 21.3 Å². The van der Waals surface area contributed by atoms with E-state index in [0.717, 1.165) is 0 Å². The van der Waals surface area contributed by atoms with Crippen molar-refractivity contribution in [2.45, 2.75) is 0 Å². The number of thiocyanates is 2. The maximum atomic E-state index is 7.13. The maximum Gasteiger partial charge on any atom is 2.00 e. The molecule has 0 unspecified atom stereocenters. The summed E-state index contributed by atoms with van der Waals surface area (Å²) in [6.07, 6.45) is 7.00. The van der Waals surface area contributed by atoms with Crippen LogP contribution in [0.3, 0.4) is 0 Å². The Morgan fingerprint density at radius 3 is 0.895 bits per heavy atom. The van der Waals surface area contributed by atoms with Crippen LogP contribution in [-0.4, -0.2) is 9.97 Å². The van der Waals surface area contributed by atoms with Crippen molar-refractivity contribution >= 4 is 25.3 Å². The van der Waals surface area contributed by atoms with Gasteiger partial charge in [0.25, 0.3) is 0 Å². The average molecular weight is 340 g/mol. The predicted molar refractivity (Wildman–Crippen MR) is 74.4 cm³/mol. The number of aromatic nitrogens is 2. The number of nitriles is 2. The standard InChI is InChI=1S/2C5H5N.2CHNS.Zn/c2*1-2-4-6-5-3-1;2*2-1-3;/h2*1-5H;2*3H;/q;;;;+2/p-2. The van der Waals surface area contributed by atoms with Crippen LogP contribution in [0.15, 0.2) is 61.2 Å². The monoisotopic (exact) mass is 338 g/mol. The number of hydrogen-bond donors (Lipinski definition) is 0. The van der Waals surface area contributed by atoms with E-state index in [2.05, 4.69) is 35.2 Å². The molecule has 0 spiro atoms. The van der Waals surface area contributed by atoms with Crippen LogP contribution in [0.5, 0.6) is 0 Å². The second-order valence-electron chi connectivity index (χ2n) is 2.23. The molecule has 2 heterocycles. The molecule has 7 heteroatoms. The minimum atomic E-state index is 0. The summed E-state index contributed by atoms with van der Waals surface area (Å²) >= 11 is 7.40. The third-order valence-corrected chi connectivity index (χ3v) is 1.13. The first-order valence-electron chi connectivity index (χ1n) is 4.55. The van der Waals surface area contributed by atoms with E-state index in [9.17, 15) is 0 Å². The van der Waals surface area contributed by atoms with Gasteiger partial charge in [0.05, 0.1) is 0 Å². The number of hydrogen-bond acceptors (Lipinski definition) is 6. The number of nitrogens with zero attached hydrogens (tertiary/aromatic N) is 4. The van der Waals surface area contributed by atoms with Crippen LogP contribution >= 0.6 is 0 Å². The third-order valence-electron chi connectivity index (χ3n) is 1.13. The van der Waals surface area contributed by atoms with Gasteiger partial charge in [-0.15, -0.1) is 0 Å². The Hall–Kier alpha value is -1.66. The van der Waals surface area contributed by atoms with E-state index in [1.165, 1.54) is 10.8 Å². The van der Waals surface area contributed by atoms with Crippen molar-refractivity contribution in [2.24, 2.45) is 0 Å². The molecular formula is C12H10N4S2Zn. The predicted octanol–water partition coefficient (Wildman–Crippen LogP) is 2.19. The summed E-state index contributed by atoms with van der Waals surface area (Å²) in [5.74, 6) is 0. The molecule has 0 aliphatic heterocycles. The molecule has 4 nitrogen and oxygen atoms in total. The summed E-state index contributed by atoms with van der Waals surface area (Å²) in [7, 11) is 0. The first-order valence-corrected chi connectivity index (χ1v) is 5.37. The zero-order chi connectivity index (χ0) is 13.9. The molecular weight excluding hydrogens is 330 g/mol. The van der Waals surface area contributed by atoms with Gasteiger partial charge in [0.1, 0.15) is 0 Å². The molecule has 0 amide bonds. The summed E-state index contributed by atoms with van der Waals surface area (Å²) in [6.45, 7) is 0. The van der Waals surface area contributed by atoms with Gasteiger partial charge in [-0.3, -0.25) is 9.97 Å². The number of rotatable bonds is 0. The molecule has 0 radical (unpaired) electrons. The van der Waals surface area contributed by atoms with Crippen molar-refractivity contribution in [1.29, 1.82) is 10.5 Å². The summed E-state index contributed by atoms with van der Waals surface area (Å²) in [6, 6.07) is 11.4. The fourth-order valence-electron chi connectivity index (χ4n) is 0.625. The molecule has 0 atom stereocenters. The van der Waals surface area contributed by atoms with E-state index in [1.54, 1.807) is 24.8 Å². The Bertz CT molecular complexity index is 332. The molecule has 92 valence electrons. The Morgan fingerprint density at radius 1 is 0.632 bits per heavy atom.